The molecule has 1 amide bonds. The number of hydrogen-bond donors (Lipinski definition) is 1. The largest absolute Gasteiger partial charge is 0.493 e. The predicted octanol–water partition coefficient (Wildman–Crippen LogP) is 3.79. The van der Waals surface area contributed by atoms with Crippen LogP contribution in [0.15, 0.2) is 48.5 Å². The van der Waals surface area contributed by atoms with E-state index in [1.807, 2.05) is 69.3 Å². The molecule has 148 valence electrons. The van der Waals surface area contributed by atoms with Gasteiger partial charge < -0.3 is 19.4 Å². The number of rotatable bonds is 7. The number of amides is 1. The number of hydrogen-bond acceptors (Lipinski definition) is 4. The van der Waals surface area contributed by atoms with E-state index in [0.717, 1.165) is 16.9 Å². The molecule has 3 aromatic rings. The molecule has 0 fully saturated rings. The molecule has 0 aliphatic carbocycles. The number of benzene rings is 2. The van der Waals surface area contributed by atoms with Crippen molar-refractivity contribution in [2.24, 2.45) is 5.41 Å². The first-order valence-electron chi connectivity index (χ1n) is 9.38. The zero-order valence-corrected chi connectivity index (χ0v) is 16.9. The molecule has 0 bridgehead atoms. The highest BCUT2D eigenvalue weighted by Crippen LogP contribution is 2.26. The third-order valence-electron chi connectivity index (χ3n) is 4.46. The molecular formula is C22H27N3O3. The topological polar surface area (TPSA) is 65.4 Å². The number of methoxy groups -OCH3 is 1. The van der Waals surface area contributed by atoms with Gasteiger partial charge in [-0.2, -0.15) is 0 Å². The molecule has 28 heavy (non-hydrogen) atoms. The summed E-state index contributed by atoms with van der Waals surface area (Å²) in [4.78, 5) is 16.9. The third-order valence-corrected chi connectivity index (χ3v) is 4.46. The summed E-state index contributed by atoms with van der Waals surface area (Å²) in [5.41, 5.74) is 1.48. The van der Waals surface area contributed by atoms with E-state index in [-0.39, 0.29) is 5.91 Å². The number of ether oxygens (including phenoxy) is 2. The van der Waals surface area contributed by atoms with Crippen molar-refractivity contribution in [1.82, 2.24) is 14.9 Å². The Morgan fingerprint density at radius 1 is 1.07 bits per heavy atom. The average molecular weight is 381 g/mol. The van der Waals surface area contributed by atoms with Crippen LogP contribution in [-0.2, 0) is 17.9 Å². The Balaban J connectivity index is 1.76. The van der Waals surface area contributed by atoms with Gasteiger partial charge >= 0.3 is 0 Å². The number of nitrogens with zero attached hydrogens (tertiary/aromatic N) is 2. The van der Waals surface area contributed by atoms with Gasteiger partial charge in [-0.05, 0) is 24.3 Å². The monoisotopic (exact) mass is 381 g/mol. The molecule has 6 nitrogen and oxygen atoms in total. The summed E-state index contributed by atoms with van der Waals surface area (Å²) in [6.07, 6.45) is 0. The van der Waals surface area contributed by atoms with Gasteiger partial charge in [0, 0.05) is 5.41 Å². The molecule has 0 saturated heterocycles. The summed E-state index contributed by atoms with van der Waals surface area (Å²) >= 11 is 0. The summed E-state index contributed by atoms with van der Waals surface area (Å²) in [6, 6.07) is 15.5. The number of imidazole rings is 1. The molecule has 0 aliphatic heterocycles. The van der Waals surface area contributed by atoms with E-state index >= 15 is 0 Å². The van der Waals surface area contributed by atoms with Crippen molar-refractivity contribution in [2.45, 2.75) is 33.9 Å². The smallest absolute Gasteiger partial charge is 0.225 e. The molecule has 0 spiro atoms. The van der Waals surface area contributed by atoms with Crippen LogP contribution in [0, 0.1) is 5.41 Å². The highest BCUT2D eigenvalue weighted by atomic mass is 16.5. The van der Waals surface area contributed by atoms with Crippen LogP contribution in [0.3, 0.4) is 0 Å². The zero-order chi connectivity index (χ0) is 20.1. The summed E-state index contributed by atoms with van der Waals surface area (Å²) < 4.78 is 13.3. The molecule has 0 unspecified atom stereocenters. The van der Waals surface area contributed by atoms with Crippen LogP contribution in [0.1, 0.15) is 26.6 Å². The SMILES string of the molecule is COc1ccccc1OCCn1c(CNC(=O)C(C)(C)C)nc2ccccc21. The van der Waals surface area contributed by atoms with E-state index in [2.05, 4.69) is 9.88 Å². The van der Waals surface area contributed by atoms with Gasteiger partial charge in [-0.15, -0.1) is 0 Å². The number of aromatic nitrogens is 2. The number of carbonyl (C=O) groups excluding carboxylic acids is 1. The lowest BCUT2D eigenvalue weighted by Crippen LogP contribution is -2.35. The number of nitrogens with one attached hydrogen (secondary N) is 1. The van der Waals surface area contributed by atoms with Crippen LogP contribution in [-0.4, -0.2) is 29.2 Å². The Labute approximate surface area is 165 Å². The molecule has 0 aliphatic rings. The molecular weight excluding hydrogens is 354 g/mol. The maximum absolute atomic E-state index is 12.2. The molecule has 0 saturated carbocycles. The van der Waals surface area contributed by atoms with Crippen molar-refractivity contribution in [1.29, 1.82) is 0 Å². The summed E-state index contributed by atoms with van der Waals surface area (Å²) in [5, 5.41) is 2.98. The zero-order valence-electron chi connectivity index (χ0n) is 16.9. The summed E-state index contributed by atoms with van der Waals surface area (Å²) in [7, 11) is 1.63. The summed E-state index contributed by atoms with van der Waals surface area (Å²) in [5.74, 6) is 2.21. The standard InChI is InChI=1S/C22H27N3O3/c1-22(2,3)21(26)23-15-20-24-16-9-5-6-10-17(16)25(20)13-14-28-19-12-8-7-11-18(19)27-4/h5-12H,13-15H2,1-4H3,(H,23,26). The van der Waals surface area contributed by atoms with Gasteiger partial charge in [-0.3, -0.25) is 4.79 Å². The van der Waals surface area contributed by atoms with Gasteiger partial charge in [-0.25, -0.2) is 4.98 Å². The molecule has 1 N–H and O–H groups in total. The average Bonchev–Trinajstić information content (AvgIpc) is 3.03. The lowest BCUT2D eigenvalue weighted by molar-refractivity contribution is -0.128. The Kier molecular flexibility index (Phi) is 5.87. The van der Waals surface area contributed by atoms with Gasteiger partial charge in [0.25, 0.3) is 0 Å². The van der Waals surface area contributed by atoms with Crippen molar-refractivity contribution in [3.8, 4) is 11.5 Å². The molecule has 3 rings (SSSR count). The highest BCUT2D eigenvalue weighted by molar-refractivity contribution is 5.81. The van der Waals surface area contributed by atoms with E-state index in [1.165, 1.54) is 0 Å². The quantitative estimate of drug-likeness (QED) is 0.676. The van der Waals surface area contributed by atoms with E-state index in [9.17, 15) is 4.79 Å². The molecule has 6 heteroatoms. The molecule has 2 aromatic carbocycles. The van der Waals surface area contributed by atoms with Crippen LogP contribution >= 0.6 is 0 Å². The first kappa shape index (κ1) is 19.7. The van der Waals surface area contributed by atoms with Gasteiger partial charge in [0.15, 0.2) is 11.5 Å². The number of fused-ring (bicyclic) bond motifs is 1. The van der Waals surface area contributed by atoms with Crippen molar-refractivity contribution in [2.75, 3.05) is 13.7 Å². The van der Waals surface area contributed by atoms with E-state index < -0.39 is 5.41 Å². The van der Waals surface area contributed by atoms with Crippen molar-refractivity contribution >= 4 is 16.9 Å². The van der Waals surface area contributed by atoms with E-state index in [0.29, 0.717) is 31.2 Å². The van der Waals surface area contributed by atoms with E-state index in [4.69, 9.17) is 14.5 Å². The van der Waals surface area contributed by atoms with Crippen LogP contribution in [0.4, 0.5) is 0 Å². The Hall–Kier alpha value is -3.02. The highest BCUT2D eigenvalue weighted by Gasteiger charge is 2.21. The molecule has 0 radical (unpaired) electrons. The summed E-state index contributed by atoms with van der Waals surface area (Å²) in [6.45, 7) is 7.13. The molecule has 1 aromatic heterocycles. The fourth-order valence-electron chi connectivity index (χ4n) is 2.92. The number of carbonyl (C=O) groups is 1. The van der Waals surface area contributed by atoms with Gasteiger partial charge in [0.2, 0.25) is 5.91 Å². The van der Waals surface area contributed by atoms with Crippen LogP contribution in [0.5, 0.6) is 11.5 Å². The lowest BCUT2D eigenvalue weighted by Gasteiger charge is -2.18. The maximum atomic E-state index is 12.2. The lowest BCUT2D eigenvalue weighted by atomic mass is 9.96. The van der Waals surface area contributed by atoms with Crippen molar-refractivity contribution in [3.63, 3.8) is 0 Å². The van der Waals surface area contributed by atoms with Crippen molar-refractivity contribution < 1.29 is 14.3 Å². The third kappa shape index (κ3) is 4.44. The Morgan fingerprint density at radius 3 is 2.46 bits per heavy atom. The normalized spacial score (nSPS) is 11.4. The van der Waals surface area contributed by atoms with E-state index in [1.54, 1.807) is 7.11 Å². The first-order valence-corrected chi connectivity index (χ1v) is 9.38. The van der Waals surface area contributed by atoms with Crippen LogP contribution < -0.4 is 14.8 Å². The van der Waals surface area contributed by atoms with Crippen molar-refractivity contribution in [3.05, 3.63) is 54.4 Å². The van der Waals surface area contributed by atoms with Crippen LogP contribution in [0.25, 0.3) is 11.0 Å². The van der Waals surface area contributed by atoms with Gasteiger partial charge in [0.05, 0.1) is 31.2 Å². The first-order chi connectivity index (χ1) is 13.4. The fraction of sp³-hybridized carbons (Fsp3) is 0.364. The minimum atomic E-state index is -0.441. The number of para-hydroxylation sites is 4. The van der Waals surface area contributed by atoms with Gasteiger partial charge in [-0.1, -0.05) is 45.0 Å². The Morgan fingerprint density at radius 2 is 1.75 bits per heavy atom. The molecule has 0 atom stereocenters. The molecule has 1 heterocycles. The Bertz CT molecular complexity index is 957. The maximum Gasteiger partial charge on any atom is 0.225 e. The fourth-order valence-corrected chi connectivity index (χ4v) is 2.92. The van der Waals surface area contributed by atoms with Gasteiger partial charge in [0.1, 0.15) is 12.4 Å². The minimum Gasteiger partial charge on any atom is -0.493 e. The van der Waals surface area contributed by atoms with Crippen LogP contribution in [0.2, 0.25) is 0 Å². The predicted molar refractivity (Wildman–Crippen MR) is 110 cm³/mol. The second-order valence-corrected chi connectivity index (χ2v) is 7.60. The minimum absolute atomic E-state index is 0.00335. The second-order valence-electron chi connectivity index (χ2n) is 7.60. The second kappa shape index (κ2) is 8.33.